The minimum atomic E-state index is -0.786. The average molecular weight is 366 g/mol. The lowest BCUT2D eigenvalue weighted by molar-refractivity contribution is -0.133. The van der Waals surface area contributed by atoms with Gasteiger partial charge in [0.1, 0.15) is 11.2 Å². The summed E-state index contributed by atoms with van der Waals surface area (Å²) in [5.74, 6) is 2.61. The predicted octanol–water partition coefficient (Wildman–Crippen LogP) is 5.43. The Bertz CT molecular complexity index is 794. The van der Waals surface area contributed by atoms with Crippen molar-refractivity contribution in [1.82, 2.24) is 0 Å². The average Bonchev–Trinajstić information content (AvgIpc) is 2.89. The fraction of sp³-hybridized carbons (Fsp3) is 0.667. The summed E-state index contributed by atoms with van der Waals surface area (Å²) in [4.78, 5) is 13.1. The molecule has 1 aromatic rings. The summed E-state index contributed by atoms with van der Waals surface area (Å²) in [6, 6.07) is 9.00. The number of carbonyl (C=O) groups is 1. The molecular weight excluding hydrogens is 334 g/mol. The molecule has 0 N–H and O–H groups in total. The zero-order chi connectivity index (χ0) is 19.2. The summed E-state index contributed by atoms with van der Waals surface area (Å²) in [6.45, 7) is 6.97. The van der Waals surface area contributed by atoms with E-state index in [9.17, 15) is 10.1 Å². The van der Waals surface area contributed by atoms with Gasteiger partial charge < -0.3 is 4.74 Å². The highest BCUT2D eigenvalue weighted by atomic mass is 16.5. The maximum Gasteiger partial charge on any atom is 0.158 e. The monoisotopic (exact) mass is 365 g/mol. The van der Waals surface area contributed by atoms with Crippen LogP contribution in [0.15, 0.2) is 18.2 Å². The van der Waals surface area contributed by atoms with Gasteiger partial charge >= 0.3 is 0 Å². The number of hydrogen-bond acceptors (Lipinski definition) is 3. The molecule has 1 aromatic carbocycles. The third-order valence-electron chi connectivity index (χ3n) is 7.75. The van der Waals surface area contributed by atoms with Crippen molar-refractivity contribution in [3.8, 4) is 11.8 Å². The van der Waals surface area contributed by atoms with Crippen LogP contribution in [0.5, 0.6) is 5.75 Å². The number of benzene rings is 1. The van der Waals surface area contributed by atoms with Gasteiger partial charge in [-0.3, -0.25) is 4.79 Å². The molecule has 3 aliphatic rings. The Kier molecular flexibility index (Phi) is 4.57. The number of hydrogen-bond donors (Lipinski definition) is 0. The Hall–Kier alpha value is -1.82. The molecule has 4 rings (SSSR count). The van der Waals surface area contributed by atoms with Gasteiger partial charge in [0.2, 0.25) is 0 Å². The molecule has 3 heteroatoms. The second-order valence-corrected chi connectivity index (χ2v) is 9.41. The first-order valence-electron chi connectivity index (χ1n) is 10.6. The zero-order valence-corrected chi connectivity index (χ0v) is 16.9. The number of ketones is 1. The lowest BCUT2D eigenvalue weighted by Gasteiger charge is -2.48. The number of fused-ring (bicyclic) bond motifs is 5. The first kappa shape index (κ1) is 18.5. The molecule has 0 heterocycles. The smallest absolute Gasteiger partial charge is 0.158 e. The molecule has 2 saturated carbocycles. The van der Waals surface area contributed by atoms with E-state index in [0.717, 1.165) is 57.3 Å². The zero-order valence-electron chi connectivity index (χ0n) is 16.9. The van der Waals surface area contributed by atoms with Gasteiger partial charge in [0.15, 0.2) is 5.78 Å². The molecular formula is C24H31NO2. The summed E-state index contributed by atoms with van der Waals surface area (Å²) in [7, 11) is 0. The highest BCUT2D eigenvalue weighted by molar-refractivity contribution is 5.94. The molecule has 27 heavy (non-hydrogen) atoms. The highest BCUT2D eigenvalue weighted by Crippen LogP contribution is 2.63. The van der Waals surface area contributed by atoms with Gasteiger partial charge in [-0.2, -0.15) is 5.26 Å². The molecule has 0 spiro atoms. The van der Waals surface area contributed by atoms with E-state index in [0.29, 0.717) is 17.8 Å². The molecule has 144 valence electrons. The lowest BCUT2D eigenvalue weighted by atomic mass is 9.55. The second-order valence-electron chi connectivity index (χ2n) is 9.41. The maximum atomic E-state index is 13.1. The van der Waals surface area contributed by atoms with Crippen LogP contribution >= 0.6 is 0 Å². The van der Waals surface area contributed by atoms with Crippen LogP contribution in [0.3, 0.4) is 0 Å². The Labute approximate surface area is 163 Å². The number of unbranched alkanes of at least 4 members (excludes halogenated alkanes) is 1. The van der Waals surface area contributed by atoms with Gasteiger partial charge in [0, 0.05) is 5.41 Å². The maximum absolute atomic E-state index is 13.1. The molecule has 0 radical (unpaired) electrons. The van der Waals surface area contributed by atoms with E-state index in [-0.39, 0.29) is 11.2 Å². The van der Waals surface area contributed by atoms with Gasteiger partial charge in [-0.1, -0.05) is 26.3 Å². The normalized spacial score (nSPS) is 37.1. The Morgan fingerprint density at radius 1 is 1.30 bits per heavy atom. The van der Waals surface area contributed by atoms with Crippen molar-refractivity contribution >= 4 is 5.78 Å². The van der Waals surface area contributed by atoms with E-state index < -0.39 is 5.41 Å². The van der Waals surface area contributed by atoms with Crippen LogP contribution in [-0.4, -0.2) is 12.4 Å². The van der Waals surface area contributed by atoms with E-state index in [4.69, 9.17) is 4.74 Å². The van der Waals surface area contributed by atoms with Crippen molar-refractivity contribution < 1.29 is 9.53 Å². The number of Topliss-reactive ketones (excluding diaryl/α,β-unsaturated/α-hetero) is 1. The highest BCUT2D eigenvalue weighted by Gasteiger charge is 2.62. The van der Waals surface area contributed by atoms with Gasteiger partial charge in [-0.05, 0) is 86.5 Å². The number of rotatable bonds is 4. The first-order valence-corrected chi connectivity index (χ1v) is 10.6. The number of nitrogens with zero attached hydrogens (tertiary/aromatic N) is 1. The number of carbonyl (C=O) groups excluding carboxylic acids is 1. The Balaban J connectivity index is 1.59. The molecule has 5 atom stereocenters. The summed E-state index contributed by atoms with van der Waals surface area (Å²) in [5, 5.41) is 9.65. The quantitative estimate of drug-likeness (QED) is 0.668. The van der Waals surface area contributed by atoms with Crippen LogP contribution in [-0.2, 0) is 11.2 Å². The molecule has 0 amide bonds. The van der Waals surface area contributed by atoms with Crippen molar-refractivity contribution in [2.45, 2.75) is 71.6 Å². The third-order valence-corrected chi connectivity index (χ3v) is 7.75. The fourth-order valence-electron chi connectivity index (χ4n) is 6.22. The van der Waals surface area contributed by atoms with E-state index in [1.807, 2.05) is 6.92 Å². The van der Waals surface area contributed by atoms with Crippen LogP contribution in [0.1, 0.15) is 76.3 Å². The molecule has 0 aromatic heterocycles. The molecule has 0 aliphatic heterocycles. The summed E-state index contributed by atoms with van der Waals surface area (Å²) in [5.41, 5.74) is 1.81. The van der Waals surface area contributed by atoms with E-state index >= 15 is 0 Å². The van der Waals surface area contributed by atoms with E-state index in [1.165, 1.54) is 11.1 Å². The summed E-state index contributed by atoms with van der Waals surface area (Å²) in [6.07, 6.45) is 7.16. The molecule has 0 saturated heterocycles. The molecule has 4 unspecified atom stereocenters. The minimum absolute atomic E-state index is 0.200. The Morgan fingerprint density at radius 2 is 2.11 bits per heavy atom. The van der Waals surface area contributed by atoms with Crippen LogP contribution < -0.4 is 4.74 Å². The number of ether oxygens (including phenoxy) is 1. The Morgan fingerprint density at radius 3 is 2.85 bits per heavy atom. The molecule has 3 nitrogen and oxygen atoms in total. The predicted molar refractivity (Wildman–Crippen MR) is 106 cm³/mol. The molecule has 2 fully saturated rings. The second kappa shape index (κ2) is 6.66. The van der Waals surface area contributed by atoms with E-state index in [2.05, 4.69) is 38.1 Å². The standard InChI is InChI=1S/C24H31NO2/c1-4-5-12-27-17-7-9-18-16(13-17)6-8-20-19(18)10-11-24(3)21(20)14-23(2,15-25)22(24)26/h7,9,13,19-21H,4-6,8,10-12,14H2,1-3H3/t19?,20?,21?,23?,24-/m0/s1. The third kappa shape index (κ3) is 2.80. The van der Waals surface area contributed by atoms with Gasteiger partial charge in [-0.15, -0.1) is 0 Å². The van der Waals surface area contributed by atoms with Crippen molar-refractivity contribution in [3.05, 3.63) is 29.3 Å². The van der Waals surface area contributed by atoms with Crippen molar-refractivity contribution in [3.63, 3.8) is 0 Å². The topological polar surface area (TPSA) is 50.1 Å². The largest absolute Gasteiger partial charge is 0.494 e. The van der Waals surface area contributed by atoms with Crippen LogP contribution in [0.4, 0.5) is 0 Å². The van der Waals surface area contributed by atoms with Crippen LogP contribution in [0, 0.1) is 34.0 Å². The summed E-state index contributed by atoms with van der Waals surface area (Å²) < 4.78 is 5.91. The van der Waals surface area contributed by atoms with Gasteiger partial charge in [0.05, 0.1) is 12.7 Å². The molecule has 0 bridgehead atoms. The SMILES string of the molecule is CCCCOc1ccc2c(c1)CCC1C2CC[C@]2(C)C(=O)C(C)(C#N)CC12. The lowest BCUT2D eigenvalue weighted by Crippen LogP contribution is -2.43. The van der Waals surface area contributed by atoms with E-state index in [1.54, 1.807) is 0 Å². The van der Waals surface area contributed by atoms with Gasteiger partial charge in [0.25, 0.3) is 0 Å². The molecule has 3 aliphatic carbocycles. The van der Waals surface area contributed by atoms with Crippen molar-refractivity contribution in [2.75, 3.05) is 6.61 Å². The van der Waals surface area contributed by atoms with Gasteiger partial charge in [-0.25, -0.2) is 0 Å². The minimum Gasteiger partial charge on any atom is -0.494 e. The first-order chi connectivity index (χ1) is 12.9. The fourth-order valence-corrected chi connectivity index (χ4v) is 6.22. The van der Waals surface area contributed by atoms with Crippen LogP contribution in [0.25, 0.3) is 0 Å². The number of nitriles is 1. The summed E-state index contributed by atoms with van der Waals surface area (Å²) >= 11 is 0. The number of aryl methyl sites for hydroxylation is 1. The van der Waals surface area contributed by atoms with Crippen molar-refractivity contribution in [1.29, 1.82) is 5.26 Å². The van der Waals surface area contributed by atoms with Crippen LogP contribution in [0.2, 0.25) is 0 Å². The van der Waals surface area contributed by atoms with Crippen molar-refractivity contribution in [2.24, 2.45) is 22.7 Å².